The summed E-state index contributed by atoms with van der Waals surface area (Å²) in [6.45, 7) is 1.61. The number of phenolic OH excluding ortho intramolecular Hbond substituents is 2. The van der Waals surface area contributed by atoms with Gasteiger partial charge in [-0.15, -0.1) is 0 Å². The molecule has 0 saturated carbocycles. The summed E-state index contributed by atoms with van der Waals surface area (Å²) in [6.07, 6.45) is 3.64. The Bertz CT molecular complexity index is 669. The molecule has 0 spiro atoms. The van der Waals surface area contributed by atoms with Crippen molar-refractivity contribution >= 4 is 11.8 Å². The first-order valence-corrected chi connectivity index (χ1v) is 6.73. The minimum Gasteiger partial charge on any atom is -0.508 e. The van der Waals surface area contributed by atoms with E-state index in [4.69, 9.17) is 4.74 Å². The average molecular weight is 304 g/mol. The van der Waals surface area contributed by atoms with Crippen LogP contribution in [0.15, 0.2) is 36.1 Å². The van der Waals surface area contributed by atoms with Crippen molar-refractivity contribution in [1.82, 2.24) is 0 Å². The summed E-state index contributed by atoms with van der Waals surface area (Å²) < 4.78 is 5.05. The van der Waals surface area contributed by atoms with Gasteiger partial charge in [-0.05, 0) is 31.1 Å². The number of esters is 1. The molecule has 0 fully saturated rings. The molecular weight excluding hydrogens is 288 g/mol. The van der Waals surface area contributed by atoms with Gasteiger partial charge >= 0.3 is 5.97 Å². The first kappa shape index (κ1) is 15.8. The largest absolute Gasteiger partial charge is 0.508 e. The van der Waals surface area contributed by atoms with E-state index >= 15 is 0 Å². The first-order chi connectivity index (χ1) is 10.4. The molecule has 6 nitrogen and oxygen atoms in total. The summed E-state index contributed by atoms with van der Waals surface area (Å²) in [5.41, 5.74) is 0.173. The van der Waals surface area contributed by atoms with Gasteiger partial charge in [0, 0.05) is 12.1 Å². The summed E-state index contributed by atoms with van der Waals surface area (Å²) in [5, 5.41) is 28.5. The highest BCUT2D eigenvalue weighted by Gasteiger charge is 2.22. The van der Waals surface area contributed by atoms with Crippen LogP contribution < -0.4 is 0 Å². The van der Waals surface area contributed by atoms with Crippen LogP contribution in [0.2, 0.25) is 0 Å². The van der Waals surface area contributed by atoms with Gasteiger partial charge in [0.2, 0.25) is 0 Å². The van der Waals surface area contributed by atoms with Crippen molar-refractivity contribution in [3.8, 4) is 11.5 Å². The number of hydrogen-bond acceptors (Lipinski definition) is 6. The summed E-state index contributed by atoms with van der Waals surface area (Å²) in [4.78, 5) is 24.0. The molecule has 22 heavy (non-hydrogen) atoms. The molecule has 1 aromatic carbocycles. The number of fused-ring (bicyclic) bond motifs is 1. The molecule has 0 amide bonds. The van der Waals surface area contributed by atoms with Crippen LogP contribution in [-0.2, 0) is 16.0 Å². The Kier molecular flexibility index (Phi) is 4.62. The van der Waals surface area contributed by atoms with Crippen LogP contribution in [0.5, 0.6) is 11.5 Å². The highest BCUT2D eigenvalue weighted by molar-refractivity contribution is 6.09. The Morgan fingerprint density at radius 3 is 2.73 bits per heavy atom. The van der Waals surface area contributed by atoms with Crippen LogP contribution >= 0.6 is 0 Å². The van der Waals surface area contributed by atoms with Crippen molar-refractivity contribution in [3.05, 3.63) is 47.2 Å². The minimum absolute atomic E-state index is 0.0316. The SMILES string of the molecule is C[C@@H](O)C/C=C/C1=C/C(=O)c2c(O)cc(O)cc2CC(=O)O1. The molecule has 1 heterocycles. The Balaban J connectivity index is 2.39. The number of carbonyl (C=O) groups is 2. The smallest absolute Gasteiger partial charge is 0.315 e. The fraction of sp³-hybridized carbons (Fsp3) is 0.250. The normalized spacial score (nSPS) is 18.9. The van der Waals surface area contributed by atoms with Crippen LogP contribution in [0.3, 0.4) is 0 Å². The number of ketones is 1. The highest BCUT2D eigenvalue weighted by atomic mass is 16.5. The van der Waals surface area contributed by atoms with Crippen molar-refractivity contribution in [3.63, 3.8) is 0 Å². The van der Waals surface area contributed by atoms with Gasteiger partial charge in [-0.25, -0.2) is 0 Å². The number of allylic oxidation sites excluding steroid dienone is 2. The molecule has 116 valence electrons. The topological polar surface area (TPSA) is 104 Å². The van der Waals surface area contributed by atoms with E-state index in [0.29, 0.717) is 6.42 Å². The van der Waals surface area contributed by atoms with Crippen molar-refractivity contribution < 1.29 is 29.6 Å². The quantitative estimate of drug-likeness (QED) is 0.733. The zero-order valence-electron chi connectivity index (χ0n) is 11.9. The Morgan fingerprint density at radius 2 is 2.05 bits per heavy atom. The lowest BCUT2D eigenvalue weighted by molar-refractivity contribution is -0.138. The molecule has 0 aromatic heterocycles. The van der Waals surface area contributed by atoms with Gasteiger partial charge in [0.05, 0.1) is 18.1 Å². The van der Waals surface area contributed by atoms with Crippen molar-refractivity contribution in [2.75, 3.05) is 0 Å². The maximum atomic E-state index is 12.2. The lowest BCUT2D eigenvalue weighted by Gasteiger charge is -2.14. The Hall–Kier alpha value is -2.60. The van der Waals surface area contributed by atoms with E-state index in [2.05, 4.69) is 0 Å². The zero-order valence-corrected chi connectivity index (χ0v) is 11.9. The molecule has 3 N–H and O–H groups in total. The van der Waals surface area contributed by atoms with Gasteiger partial charge in [0.25, 0.3) is 0 Å². The molecule has 1 aliphatic rings. The molecule has 0 radical (unpaired) electrons. The lowest BCUT2D eigenvalue weighted by Crippen LogP contribution is -2.15. The first-order valence-electron chi connectivity index (χ1n) is 6.73. The summed E-state index contributed by atoms with van der Waals surface area (Å²) in [5.74, 6) is -1.74. The average Bonchev–Trinajstić information content (AvgIpc) is 2.35. The third kappa shape index (κ3) is 3.73. The second-order valence-electron chi connectivity index (χ2n) is 5.05. The van der Waals surface area contributed by atoms with E-state index in [9.17, 15) is 24.9 Å². The van der Waals surface area contributed by atoms with Crippen molar-refractivity contribution in [2.24, 2.45) is 0 Å². The molecule has 2 rings (SSSR count). The summed E-state index contributed by atoms with van der Waals surface area (Å²) in [6, 6.07) is 2.29. The standard InChI is InChI=1S/C16H16O6/c1-9(17)3-2-4-12-8-14(20)16-10(6-15(21)22-12)5-11(18)7-13(16)19/h2,4-5,7-9,17-19H,3,6H2,1H3/b4-2+,12-8-/t9-/m1/s1. The molecule has 6 heteroatoms. The zero-order chi connectivity index (χ0) is 16.3. The molecular formula is C16H16O6. The van der Waals surface area contributed by atoms with Gasteiger partial charge in [0.1, 0.15) is 17.3 Å². The van der Waals surface area contributed by atoms with Crippen LogP contribution in [0.25, 0.3) is 0 Å². The van der Waals surface area contributed by atoms with E-state index in [1.807, 2.05) is 0 Å². The van der Waals surface area contributed by atoms with Gasteiger partial charge in [-0.2, -0.15) is 0 Å². The van der Waals surface area contributed by atoms with Gasteiger partial charge in [0.15, 0.2) is 5.78 Å². The van der Waals surface area contributed by atoms with E-state index in [1.54, 1.807) is 13.0 Å². The highest BCUT2D eigenvalue weighted by Crippen LogP contribution is 2.30. The molecule has 0 unspecified atom stereocenters. The van der Waals surface area contributed by atoms with Gasteiger partial charge < -0.3 is 20.1 Å². The van der Waals surface area contributed by atoms with E-state index in [1.165, 1.54) is 12.1 Å². The van der Waals surface area contributed by atoms with Crippen molar-refractivity contribution in [2.45, 2.75) is 25.9 Å². The Labute approximate surface area is 127 Å². The van der Waals surface area contributed by atoms with Crippen LogP contribution in [0.1, 0.15) is 29.3 Å². The summed E-state index contributed by atoms with van der Waals surface area (Å²) >= 11 is 0. The lowest BCUT2D eigenvalue weighted by atomic mass is 9.98. The minimum atomic E-state index is -0.619. The molecule has 0 aliphatic carbocycles. The van der Waals surface area contributed by atoms with E-state index in [-0.39, 0.29) is 29.1 Å². The fourth-order valence-electron chi connectivity index (χ4n) is 2.11. The number of ether oxygens (including phenoxy) is 1. The number of aliphatic hydroxyl groups excluding tert-OH is 1. The number of hydrogen-bond donors (Lipinski definition) is 3. The third-order valence-corrected chi connectivity index (χ3v) is 3.03. The van der Waals surface area contributed by atoms with E-state index < -0.39 is 23.6 Å². The molecule has 0 saturated heterocycles. The monoisotopic (exact) mass is 304 g/mol. The molecule has 1 atom stereocenters. The van der Waals surface area contributed by atoms with Gasteiger partial charge in [-0.1, -0.05) is 6.08 Å². The molecule has 1 aromatic rings. The number of cyclic esters (lactones) is 1. The van der Waals surface area contributed by atoms with Crippen molar-refractivity contribution in [1.29, 1.82) is 0 Å². The molecule has 1 aliphatic heterocycles. The van der Waals surface area contributed by atoms with Crippen LogP contribution in [-0.4, -0.2) is 33.2 Å². The fourth-order valence-corrected chi connectivity index (χ4v) is 2.11. The maximum absolute atomic E-state index is 12.2. The molecule has 0 bridgehead atoms. The predicted molar refractivity (Wildman–Crippen MR) is 77.4 cm³/mol. The summed E-state index contributed by atoms with van der Waals surface area (Å²) in [7, 11) is 0. The predicted octanol–water partition coefficient (Wildman–Crippen LogP) is 1.59. The van der Waals surface area contributed by atoms with Crippen LogP contribution in [0, 0.1) is 0 Å². The second-order valence-corrected chi connectivity index (χ2v) is 5.05. The third-order valence-electron chi connectivity index (χ3n) is 3.03. The number of rotatable bonds is 3. The number of carbonyl (C=O) groups excluding carboxylic acids is 2. The number of benzene rings is 1. The van der Waals surface area contributed by atoms with E-state index in [0.717, 1.165) is 12.1 Å². The number of aliphatic hydroxyl groups is 1. The number of phenols is 2. The van der Waals surface area contributed by atoms with Gasteiger partial charge in [-0.3, -0.25) is 9.59 Å². The Morgan fingerprint density at radius 1 is 1.32 bits per heavy atom. The maximum Gasteiger partial charge on any atom is 0.315 e. The van der Waals surface area contributed by atoms with Crippen LogP contribution in [0.4, 0.5) is 0 Å². The second kappa shape index (κ2) is 6.44. The number of aromatic hydroxyl groups is 2.